The minimum absolute atomic E-state index is 0.000992. The van der Waals surface area contributed by atoms with Crippen molar-refractivity contribution < 1.29 is 32.9 Å². The van der Waals surface area contributed by atoms with Crippen LogP contribution in [0.5, 0.6) is 11.5 Å². The maximum absolute atomic E-state index is 12.1. The highest BCUT2D eigenvalue weighted by Crippen LogP contribution is 2.28. The first kappa shape index (κ1) is 16.2. The van der Waals surface area contributed by atoms with E-state index in [4.69, 9.17) is 19.7 Å². The van der Waals surface area contributed by atoms with E-state index in [0.29, 0.717) is 5.75 Å². The Bertz CT molecular complexity index is 584. The first-order chi connectivity index (χ1) is 9.35. The second kappa shape index (κ2) is 6.55. The van der Waals surface area contributed by atoms with Gasteiger partial charge in [0, 0.05) is 6.07 Å². The number of benzene rings is 1. The molecule has 3 N–H and O–H groups in total. The van der Waals surface area contributed by atoms with Crippen molar-refractivity contribution in [2.75, 3.05) is 20.8 Å². The molecular weight excluding hydrogens is 290 g/mol. The number of nitrogens with one attached hydrogen (secondary N) is 1. The lowest BCUT2D eigenvalue weighted by atomic mass is 10.3. The molecular formula is C11H15NO7S. The number of hydrogen-bond acceptors (Lipinski definition) is 6. The summed E-state index contributed by atoms with van der Waals surface area (Å²) in [5.41, 5.74) is 0. The van der Waals surface area contributed by atoms with Crippen LogP contribution in [0.3, 0.4) is 0 Å². The summed E-state index contributed by atoms with van der Waals surface area (Å²) in [6.45, 7) is -0.868. The number of ether oxygens (including phenoxy) is 2. The van der Waals surface area contributed by atoms with Crippen molar-refractivity contribution >= 4 is 16.0 Å². The number of aliphatic carboxylic acids is 1. The standard InChI is InChI=1S/C11H15NO7S/c1-18-7-3-4-10(9(5-7)19-2)20(16,17)12-8(6-13)11(14)15/h3-5,8,12-13H,6H2,1-2H3,(H,14,15)/t8-/m0/s1. The fraction of sp³-hybridized carbons (Fsp3) is 0.364. The lowest BCUT2D eigenvalue weighted by Gasteiger charge is -2.15. The zero-order chi connectivity index (χ0) is 15.3. The van der Waals surface area contributed by atoms with Gasteiger partial charge in [0.1, 0.15) is 22.4 Å². The largest absolute Gasteiger partial charge is 0.497 e. The number of carboxylic acid groups (broad SMARTS) is 1. The van der Waals surface area contributed by atoms with Gasteiger partial charge in [0.15, 0.2) is 0 Å². The van der Waals surface area contributed by atoms with Crippen LogP contribution in [0.4, 0.5) is 0 Å². The Labute approximate surface area is 116 Å². The Hall–Kier alpha value is -1.84. The van der Waals surface area contributed by atoms with E-state index in [2.05, 4.69) is 0 Å². The molecule has 20 heavy (non-hydrogen) atoms. The van der Waals surface area contributed by atoms with Crippen LogP contribution in [-0.4, -0.2) is 51.5 Å². The van der Waals surface area contributed by atoms with Crippen LogP contribution in [-0.2, 0) is 14.8 Å². The molecule has 0 bridgehead atoms. The van der Waals surface area contributed by atoms with Crippen LogP contribution < -0.4 is 14.2 Å². The third-order valence-electron chi connectivity index (χ3n) is 2.44. The number of sulfonamides is 1. The number of aliphatic hydroxyl groups excluding tert-OH is 1. The molecule has 0 radical (unpaired) electrons. The van der Waals surface area contributed by atoms with Crippen molar-refractivity contribution in [2.24, 2.45) is 0 Å². The first-order valence-corrected chi connectivity index (χ1v) is 6.92. The normalized spacial score (nSPS) is 12.8. The lowest BCUT2D eigenvalue weighted by molar-refractivity contribution is -0.139. The van der Waals surface area contributed by atoms with Gasteiger partial charge in [-0.1, -0.05) is 0 Å². The molecule has 0 amide bonds. The average Bonchev–Trinajstić information content (AvgIpc) is 2.43. The van der Waals surface area contributed by atoms with E-state index in [0.717, 1.165) is 0 Å². The van der Waals surface area contributed by atoms with Crippen molar-refractivity contribution in [2.45, 2.75) is 10.9 Å². The SMILES string of the molecule is COc1ccc(S(=O)(=O)N[C@@H](CO)C(=O)O)c(OC)c1. The van der Waals surface area contributed by atoms with Crippen molar-refractivity contribution in [1.29, 1.82) is 0 Å². The van der Waals surface area contributed by atoms with E-state index >= 15 is 0 Å². The molecule has 1 rings (SSSR count). The van der Waals surface area contributed by atoms with Crippen LogP contribution in [0.15, 0.2) is 23.1 Å². The molecule has 0 aliphatic carbocycles. The number of carboxylic acids is 1. The topological polar surface area (TPSA) is 122 Å². The molecule has 0 saturated carbocycles. The molecule has 0 aromatic heterocycles. The zero-order valence-corrected chi connectivity index (χ0v) is 11.7. The molecule has 0 spiro atoms. The van der Waals surface area contributed by atoms with Gasteiger partial charge in [-0.25, -0.2) is 8.42 Å². The minimum Gasteiger partial charge on any atom is -0.497 e. The second-order valence-corrected chi connectivity index (χ2v) is 5.39. The van der Waals surface area contributed by atoms with Crippen molar-refractivity contribution in [3.63, 3.8) is 0 Å². The average molecular weight is 305 g/mol. The molecule has 1 atom stereocenters. The number of methoxy groups -OCH3 is 2. The van der Waals surface area contributed by atoms with Gasteiger partial charge in [-0.2, -0.15) is 4.72 Å². The summed E-state index contributed by atoms with van der Waals surface area (Å²) < 4.78 is 35.9. The molecule has 112 valence electrons. The van der Waals surface area contributed by atoms with Crippen LogP contribution >= 0.6 is 0 Å². The summed E-state index contributed by atoms with van der Waals surface area (Å²) in [6, 6.07) is 2.33. The predicted octanol–water partition coefficient (Wildman–Crippen LogP) is -0.572. The summed E-state index contributed by atoms with van der Waals surface area (Å²) in [5.74, 6) is -1.10. The van der Waals surface area contributed by atoms with Crippen molar-refractivity contribution in [3.05, 3.63) is 18.2 Å². The van der Waals surface area contributed by atoms with E-state index < -0.39 is 28.6 Å². The van der Waals surface area contributed by atoms with Gasteiger partial charge in [-0.15, -0.1) is 0 Å². The van der Waals surface area contributed by atoms with Crippen molar-refractivity contribution in [3.8, 4) is 11.5 Å². The second-order valence-electron chi connectivity index (χ2n) is 3.71. The molecule has 0 fully saturated rings. The van der Waals surface area contributed by atoms with Gasteiger partial charge in [0.2, 0.25) is 10.0 Å². The van der Waals surface area contributed by atoms with Crippen LogP contribution in [0.25, 0.3) is 0 Å². The molecule has 1 aromatic carbocycles. The van der Waals surface area contributed by atoms with E-state index in [1.54, 1.807) is 0 Å². The lowest BCUT2D eigenvalue weighted by Crippen LogP contribution is -2.43. The summed E-state index contributed by atoms with van der Waals surface area (Å²) in [4.78, 5) is 10.5. The smallest absolute Gasteiger partial charge is 0.324 e. The maximum Gasteiger partial charge on any atom is 0.324 e. The van der Waals surface area contributed by atoms with Gasteiger partial charge < -0.3 is 19.7 Å². The molecule has 9 heteroatoms. The quantitative estimate of drug-likeness (QED) is 0.616. The first-order valence-electron chi connectivity index (χ1n) is 5.43. The van der Waals surface area contributed by atoms with E-state index in [1.165, 1.54) is 32.4 Å². The Morgan fingerprint density at radius 1 is 1.35 bits per heavy atom. The highest BCUT2D eigenvalue weighted by molar-refractivity contribution is 7.89. The highest BCUT2D eigenvalue weighted by Gasteiger charge is 2.27. The Kier molecular flexibility index (Phi) is 5.31. The Morgan fingerprint density at radius 2 is 2.00 bits per heavy atom. The van der Waals surface area contributed by atoms with Gasteiger partial charge in [0.25, 0.3) is 0 Å². The molecule has 0 aliphatic rings. The number of rotatable bonds is 7. The number of aliphatic hydroxyl groups is 1. The number of carbonyl (C=O) groups is 1. The summed E-state index contributed by atoms with van der Waals surface area (Å²) >= 11 is 0. The fourth-order valence-electron chi connectivity index (χ4n) is 1.41. The van der Waals surface area contributed by atoms with Crippen LogP contribution in [0.1, 0.15) is 0 Å². The van der Waals surface area contributed by atoms with Gasteiger partial charge in [0.05, 0.1) is 20.8 Å². The molecule has 0 aliphatic heterocycles. The molecule has 0 heterocycles. The maximum atomic E-state index is 12.1. The van der Waals surface area contributed by atoms with E-state index in [1.807, 2.05) is 4.72 Å². The summed E-state index contributed by atoms with van der Waals surface area (Å²) in [5, 5.41) is 17.6. The minimum atomic E-state index is -4.16. The van der Waals surface area contributed by atoms with Gasteiger partial charge in [-0.3, -0.25) is 4.79 Å². The third kappa shape index (κ3) is 3.59. The molecule has 8 nitrogen and oxygen atoms in total. The molecule has 0 saturated heterocycles. The van der Waals surface area contributed by atoms with E-state index in [-0.39, 0.29) is 10.6 Å². The molecule has 1 aromatic rings. The van der Waals surface area contributed by atoms with Crippen LogP contribution in [0, 0.1) is 0 Å². The van der Waals surface area contributed by atoms with Crippen LogP contribution in [0.2, 0.25) is 0 Å². The third-order valence-corrected chi connectivity index (χ3v) is 3.95. The van der Waals surface area contributed by atoms with Gasteiger partial charge in [-0.05, 0) is 12.1 Å². The Morgan fingerprint density at radius 3 is 2.45 bits per heavy atom. The monoisotopic (exact) mass is 305 g/mol. The number of hydrogen-bond donors (Lipinski definition) is 3. The summed E-state index contributed by atoms with van der Waals surface area (Å²) in [7, 11) is -1.47. The van der Waals surface area contributed by atoms with E-state index in [9.17, 15) is 13.2 Å². The highest BCUT2D eigenvalue weighted by atomic mass is 32.2. The molecule has 0 unspecified atom stereocenters. The fourth-order valence-corrected chi connectivity index (χ4v) is 2.74. The Balaban J connectivity index is 3.18. The van der Waals surface area contributed by atoms with Gasteiger partial charge >= 0.3 is 5.97 Å². The zero-order valence-electron chi connectivity index (χ0n) is 10.9. The summed E-state index contributed by atoms with van der Waals surface area (Å²) in [6.07, 6.45) is 0. The van der Waals surface area contributed by atoms with Crippen molar-refractivity contribution in [1.82, 2.24) is 4.72 Å². The predicted molar refractivity (Wildman–Crippen MR) is 68.4 cm³/mol.